The van der Waals surface area contributed by atoms with E-state index in [9.17, 15) is 4.79 Å². The van der Waals surface area contributed by atoms with Gasteiger partial charge in [0.05, 0.1) is 0 Å². The molecule has 0 aliphatic heterocycles. The van der Waals surface area contributed by atoms with Crippen molar-refractivity contribution >= 4 is 0 Å². The van der Waals surface area contributed by atoms with Crippen molar-refractivity contribution in [2.24, 2.45) is 0 Å². The number of hydrogen-bond donors (Lipinski definition) is 1. The summed E-state index contributed by atoms with van der Waals surface area (Å²) < 4.78 is 1.70. The molecule has 0 aliphatic rings. The Labute approximate surface area is 72.0 Å². The molecule has 12 heavy (non-hydrogen) atoms. The topological polar surface area (TPSA) is 34.0 Å². The molecular weight excluding hydrogens is 152 g/mol. The molecule has 0 fully saturated rings. The van der Waals surface area contributed by atoms with Crippen molar-refractivity contribution in [1.29, 1.82) is 0 Å². The second-order valence-corrected chi connectivity index (χ2v) is 2.69. The lowest BCUT2D eigenvalue weighted by atomic mass is 10.3. The van der Waals surface area contributed by atoms with E-state index in [0.29, 0.717) is 0 Å². The summed E-state index contributed by atoms with van der Waals surface area (Å²) in [5.74, 6) is 0. The quantitative estimate of drug-likeness (QED) is 0.713. The van der Waals surface area contributed by atoms with Crippen LogP contribution in [0.3, 0.4) is 0 Å². The summed E-state index contributed by atoms with van der Waals surface area (Å²) in [6.45, 7) is 3.50. The monoisotopic (exact) mass is 166 g/mol. The van der Waals surface area contributed by atoms with E-state index in [1.54, 1.807) is 10.6 Å². The fraction of sp³-hybridized carbons (Fsp3) is 0.444. The van der Waals surface area contributed by atoms with Crippen molar-refractivity contribution in [1.82, 2.24) is 9.88 Å². The van der Waals surface area contributed by atoms with E-state index < -0.39 is 0 Å². The zero-order valence-electron chi connectivity index (χ0n) is 7.50. The summed E-state index contributed by atoms with van der Waals surface area (Å²) in [7, 11) is 1.89. The van der Waals surface area contributed by atoms with Gasteiger partial charge in [-0.15, -0.1) is 0 Å². The molecule has 3 nitrogen and oxygen atoms in total. The minimum Gasteiger partial charge on any atom is -0.316 e. The number of rotatable bonds is 3. The zero-order chi connectivity index (χ0) is 8.97. The van der Waals surface area contributed by atoms with Crippen LogP contribution in [0.2, 0.25) is 0 Å². The lowest BCUT2D eigenvalue weighted by Crippen LogP contribution is -2.19. The molecule has 0 aliphatic carbocycles. The van der Waals surface area contributed by atoms with Crippen LogP contribution in [0, 0.1) is 0 Å². The summed E-state index contributed by atoms with van der Waals surface area (Å²) in [6, 6.07) is 3.46. The van der Waals surface area contributed by atoms with Gasteiger partial charge >= 0.3 is 0 Å². The third kappa shape index (κ3) is 1.95. The lowest BCUT2D eigenvalue weighted by Gasteiger charge is -2.04. The van der Waals surface area contributed by atoms with Crippen molar-refractivity contribution in [3.63, 3.8) is 0 Å². The molecule has 1 N–H and O–H groups in total. The van der Waals surface area contributed by atoms with Crippen LogP contribution in [0.25, 0.3) is 0 Å². The van der Waals surface area contributed by atoms with Crippen LogP contribution in [0.4, 0.5) is 0 Å². The van der Waals surface area contributed by atoms with Crippen LogP contribution in [0.15, 0.2) is 23.1 Å². The summed E-state index contributed by atoms with van der Waals surface area (Å²) in [6.07, 6.45) is 1.89. The molecule has 1 aromatic rings. The zero-order valence-corrected chi connectivity index (χ0v) is 7.50. The lowest BCUT2D eigenvalue weighted by molar-refractivity contribution is 0.706. The van der Waals surface area contributed by atoms with Gasteiger partial charge in [-0.25, -0.2) is 0 Å². The first-order valence-corrected chi connectivity index (χ1v) is 4.12. The first kappa shape index (κ1) is 9.00. The molecular formula is C9H14N2O. The Balaban J connectivity index is 2.97. The number of pyridine rings is 1. The minimum atomic E-state index is 0.0670. The maximum absolute atomic E-state index is 11.1. The average molecular weight is 166 g/mol. The van der Waals surface area contributed by atoms with E-state index in [2.05, 4.69) is 5.32 Å². The fourth-order valence-electron chi connectivity index (χ4n) is 1.14. The van der Waals surface area contributed by atoms with Gasteiger partial charge in [-0.05, 0) is 19.5 Å². The van der Waals surface area contributed by atoms with Gasteiger partial charge in [0.25, 0.3) is 5.56 Å². The van der Waals surface area contributed by atoms with E-state index in [4.69, 9.17) is 0 Å². The molecule has 0 saturated heterocycles. The van der Waals surface area contributed by atoms with Gasteiger partial charge in [-0.1, -0.05) is 6.07 Å². The van der Waals surface area contributed by atoms with Gasteiger partial charge in [0.15, 0.2) is 0 Å². The van der Waals surface area contributed by atoms with Crippen LogP contribution in [0.1, 0.15) is 12.5 Å². The van der Waals surface area contributed by atoms with Crippen LogP contribution in [-0.4, -0.2) is 11.6 Å². The molecule has 0 atom stereocenters. The second-order valence-electron chi connectivity index (χ2n) is 2.69. The van der Waals surface area contributed by atoms with Crippen LogP contribution < -0.4 is 10.9 Å². The molecule has 0 aromatic carbocycles. The van der Waals surface area contributed by atoms with Crippen molar-refractivity contribution in [3.8, 4) is 0 Å². The van der Waals surface area contributed by atoms with Gasteiger partial charge < -0.3 is 9.88 Å². The highest BCUT2D eigenvalue weighted by Gasteiger charge is 1.94. The van der Waals surface area contributed by atoms with E-state index in [0.717, 1.165) is 18.7 Å². The Morgan fingerprint density at radius 3 is 2.83 bits per heavy atom. The van der Waals surface area contributed by atoms with Crippen molar-refractivity contribution < 1.29 is 0 Å². The number of nitrogens with zero attached hydrogens (tertiary/aromatic N) is 1. The molecule has 0 amide bonds. The predicted octanol–water partition coefficient (Wildman–Crippen LogP) is 0.588. The highest BCUT2D eigenvalue weighted by Crippen LogP contribution is 1.94. The van der Waals surface area contributed by atoms with Crippen molar-refractivity contribution in [2.75, 3.05) is 7.05 Å². The molecule has 0 spiro atoms. The first-order valence-electron chi connectivity index (χ1n) is 4.12. The van der Waals surface area contributed by atoms with Gasteiger partial charge in [-0.2, -0.15) is 0 Å². The molecule has 0 saturated carbocycles. The van der Waals surface area contributed by atoms with E-state index in [-0.39, 0.29) is 5.56 Å². The summed E-state index contributed by atoms with van der Waals surface area (Å²) in [4.78, 5) is 11.1. The summed E-state index contributed by atoms with van der Waals surface area (Å²) in [5.41, 5.74) is 1.20. The Bertz CT molecular complexity index is 304. The van der Waals surface area contributed by atoms with Gasteiger partial charge in [0.1, 0.15) is 0 Å². The van der Waals surface area contributed by atoms with Gasteiger partial charge in [0, 0.05) is 25.4 Å². The average Bonchev–Trinajstić information content (AvgIpc) is 2.09. The maximum Gasteiger partial charge on any atom is 0.250 e. The van der Waals surface area contributed by atoms with Crippen LogP contribution in [-0.2, 0) is 13.1 Å². The second kappa shape index (κ2) is 4.07. The molecule has 0 bridgehead atoms. The third-order valence-corrected chi connectivity index (χ3v) is 1.77. The third-order valence-electron chi connectivity index (χ3n) is 1.77. The molecule has 0 unspecified atom stereocenters. The van der Waals surface area contributed by atoms with E-state index in [1.807, 2.05) is 26.2 Å². The fourth-order valence-corrected chi connectivity index (χ4v) is 1.14. The maximum atomic E-state index is 11.1. The smallest absolute Gasteiger partial charge is 0.250 e. The Hall–Kier alpha value is -1.09. The minimum absolute atomic E-state index is 0.0670. The summed E-state index contributed by atoms with van der Waals surface area (Å²) in [5, 5.41) is 3.04. The number of nitrogens with one attached hydrogen (secondary N) is 1. The molecule has 1 heterocycles. The Kier molecular flexibility index (Phi) is 3.05. The largest absolute Gasteiger partial charge is 0.316 e. The van der Waals surface area contributed by atoms with Crippen molar-refractivity contribution in [3.05, 3.63) is 34.2 Å². The van der Waals surface area contributed by atoms with Crippen LogP contribution >= 0.6 is 0 Å². The summed E-state index contributed by atoms with van der Waals surface area (Å²) >= 11 is 0. The predicted molar refractivity (Wildman–Crippen MR) is 49.1 cm³/mol. The van der Waals surface area contributed by atoms with Gasteiger partial charge in [-0.3, -0.25) is 4.79 Å². The Morgan fingerprint density at radius 2 is 2.25 bits per heavy atom. The van der Waals surface area contributed by atoms with Gasteiger partial charge in [0.2, 0.25) is 0 Å². The van der Waals surface area contributed by atoms with E-state index >= 15 is 0 Å². The van der Waals surface area contributed by atoms with Crippen LogP contribution in [0.5, 0.6) is 0 Å². The molecule has 1 aromatic heterocycles. The number of aromatic nitrogens is 1. The SMILES string of the molecule is CCn1cc(CNC)ccc1=O. The first-order chi connectivity index (χ1) is 5.77. The molecule has 1 rings (SSSR count). The number of hydrogen-bond acceptors (Lipinski definition) is 2. The normalized spacial score (nSPS) is 10.2. The standard InChI is InChI=1S/C9H14N2O/c1-3-11-7-8(6-10-2)4-5-9(11)12/h4-5,7,10H,3,6H2,1-2H3. The van der Waals surface area contributed by atoms with E-state index in [1.165, 1.54) is 0 Å². The number of aryl methyl sites for hydroxylation is 1. The Morgan fingerprint density at radius 1 is 1.50 bits per heavy atom. The van der Waals surface area contributed by atoms with Crippen molar-refractivity contribution in [2.45, 2.75) is 20.0 Å². The molecule has 3 heteroatoms. The molecule has 66 valence electrons. The molecule has 0 radical (unpaired) electrons. The highest BCUT2D eigenvalue weighted by molar-refractivity contribution is 5.09. The highest BCUT2D eigenvalue weighted by atomic mass is 16.1.